The minimum atomic E-state index is -0.232. The number of amides is 2. The quantitative estimate of drug-likeness (QED) is 0.513. The van der Waals surface area contributed by atoms with E-state index < -0.39 is 0 Å². The van der Waals surface area contributed by atoms with Crippen molar-refractivity contribution in [1.29, 1.82) is 0 Å². The Morgan fingerprint density at radius 3 is 2.71 bits per heavy atom. The number of anilines is 1. The van der Waals surface area contributed by atoms with Gasteiger partial charge >= 0.3 is 0 Å². The lowest BCUT2D eigenvalue weighted by molar-refractivity contribution is -0.112. The van der Waals surface area contributed by atoms with E-state index >= 15 is 0 Å². The van der Waals surface area contributed by atoms with Crippen LogP contribution in [0.3, 0.4) is 0 Å². The average molecular weight is 451 g/mol. The molecule has 0 bridgehead atoms. The van der Waals surface area contributed by atoms with E-state index in [1.54, 1.807) is 31.4 Å². The van der Waals surface area contributed by atoms with E-state index in [4.69, 9.17) is 16.3 Å². The van der Waals surface area contributed by atoms with Crippen molar-refractivity contribution in [3.63, 3.8) is 0 Å². The van der Waals surface area contributed by atoms with Crippen LogP contribution in [-0.4, -0.2) is 18.9 Å². The van der Waals surface area contributed by atoms with Crippen molar-refractivity contribution in [3.8, 4) is 5.75 Å². The number of thioether (sulfide) groups is 1. The van der Waals surface area contributed by atoms with Gasteiger partial charge in [0, 0.05) is 27.6 Å². The van der Waals surface area contributed by atoms with E-state index in [1.165, 1.54) is 11.8 Å². The third-order valence-corrected chi connectivity index (χ3v) is 6.20. The molecule has 0 saturated heterocycles. The maximum atomic E-state index is 12.6. The Morgan fingerprint density at radius 2 is 1.90 bits per heavy atom. The van der Waals surface area contributed by atoms with Gasteiger partial charge in [-0.1, -0.05) is 59.8 Å². The third kappa shape index (κ3) is 4.76. The zero-order valence-electron chi connectivity index (χ0n) is 16.6. The first-order chi connectivity index (χ1) is 15.0. The van der Waals surface area contributed by atoms with Crippen LogP contribution >= 0.6 is 23.4 Å². The summed E-state index contributed by atoms with van der Waals surface area (Å²) in [5.74, 6) is 0.254. The van der Waals surface area contributed by atoms with Crippen LogP contribution in [0, 0.1) is 0 Å². The third-order valence-electron chi connectivity index (χ3n) is 4.76. The van der Waals surface area contributed by atoms with Gasteiger partial charge in [0.1, 0.15) is 5.75 Å². The molecule has 2 N–H and O–H groups in total. The molecule has 1 heterocycles. The number of benzene rings is 3. The number of ether oxygens (including phenoxy) is 1. The first-order valence-electron chi connectivity index (χ1n) is 9.55. The van der Waals surface area contributed by atoms with E-state index in [0.717, 1.165) is 21.8 Å². The summed E-state index contributed by atoms with van der Waals surface area (Å²) in [4.78, 5) is 26.6. The number of hydrogen-bond donors (Lipinski definition) is 2. The second-order valence-electron chi connectivity index (χ2n) is 6.79. The molecule has 31 heavy (non-hydrogen) atoms. The zero-order valence-corrected chi connectivity index (χ0v) is 18.2. The molecule has 0 saturated carbocycles. The summed E-state index contributed by atoms with van der Waals surface area (Å²) in [6, 6.07) is 20.1. The molecule has 0 spiro atoms. The van der Waals surface area contributed by atoms with E-state index in [1.807, 2.05) is 48.5 Å². The Bertz CT molecular complexity index is 1190. The lowest BCUT2D eigenvalue weighted by Gasteiger charge is -2.19. The summed E-state index contributed by atoms with van der Waals surface area (Å²) in [7, 11) is 1.60. The highest BCUT2D eigenvalue weighted by Gasteiger charge is 2.22. The average Bonchev–Trinajstić information content (AvgIpc) is 2.79. The number of halogens is 1. The molecule has 0 aromatic heterocycles. The van der Waals surface area contributed by atoms with Crippen molar-refractivity contribution in [1.82, 2.24) is 5.32 Å². The van der Waals surface area contributed by atoms with Crippen LogP contribution < -0.4 is 15.4 Å². The fourth-order valence-corrected chi connectivity index (χ4v) is 4.27. The fourth-order valence-electron chi connectivity index (χ4n) is 3.16. The predicted molar refractivity (Wildman–Crippen MR) is 125 cm³/mol. The van der Waals surface area contributed by atoms with Crippen molar-refractivity contribution in [2.45, 2.75) is 11.4 Å². The number of carbonyl (C=O) groups excluding carboxylic acids is 2. The lowest BCUT2D eigenvalue weighted by atomic mass is 10.1. The SMILES string of the molecule is COc1ccccc1CNC(=O)c1ccc2c(c1)NC(=O)C(=Cc1ccccc1Cl)S2. The number of nitrogens with one attached hydrogen (secondary N) is 2. The highest BCUT2D eigenvalue weighted by atomic mass is 35.5. The first-order valence-corrected chi connectivity index (χ1v) is 10.7. The highest BCUT2D eigenvalue weighted by Crippen LogP contribution is 2.39. The topological polar surface area (TPSA) is 67.4 Å². The molecule has 7 heteroatoms. The summed E-state index contributed by atoms with van der Waals surface area (Å²) in [6.07, 6.45) is 1.76. The van der Waals surface area contributed by atoms with Crippen LogP contribution in [0.1, 0.15) is 21.5 Å². The van der Waals surface area contributed by atoms with Crippen LogP contribution in [0.4, 0.5) is 5.69 Å². The van der Waals surface area contributed by atoms with Crippen LogP contribution in [0.25, 0.3) is 6.08 Å². The Labute approximate surface area is 189 Å². The van der Waals surface area contributed by atoms with E-state index in [0.29, 0.717) is 27.7 Å². The number of carbonyl (C=O) groups is 2. The summed E-state index contributed by atoms with van der Waals surface area (Å²) < 4.78 is 5.31. The molecule has 2 amide bonds. The lowest BCUT2D eigenvalue weighted by Crippen LogP contribution is -2.24. The molecule has 3 aromatic carbocycles. The molecule has 1 aliphatic heterocycles. The monoisotopic (exact) mass is 450 g/mol. The minimum Gasteiger partial charge on any atom is -0.496 e. The minimum absolute atomic E-state index is 0.231. The molecule has 0 radical (unpaired) electrons. The van der Waals surface area contributed by atoms with E-state index in [-0.39, 0.29) is 11.8 Å². The molecule has 4 rings (SSSR count). The predicted octanol–water partition coefficient (Wildman–Crippen LogP) is 5.36. The van der Waals surface area contributed by atoms with Gasteiger partial charge in [-0.25, -0.2) is 0 Å². The second-order valence-corrected chi connectivity index (χ2v) is 8.28. The number of rotatable bonds is 5. The standard InChI is InChI=1S/C24H19ClN2O3S/c1-30-20-9-5-3-7-17(20)14-26-23(28)16-10-11-21-19(12-16)27-24(29)22(31-21)13-15-6-2-4-8-18(15)25/h2-13H,14H2,1H3,(H,26,28)(H,27,29). The largest absolute Gasteiger partial charge is 0.496 e. The van der Waals surface area contributed by atoms with E-state index in [9.17, 15) is 9.59 Å². The van der Waals surface area contributed by atoms with Gasteiger partial charge in [-0.15, -0.1) is 0 Å². The number of methoxy groups -OCH3 is 1. The normalized spacial score (nSPS) is 14.0. The summed E-state index contributed by atoms with van der Waals surface area (Å²) in [5, 5.41) is 6.34. The molecule has 3 aromatic rings. The van der Waals surface area contributed by atoms with Crippen LogP contribution in [0.2, 0.25) is 5.02 Å². The van der Waals surface area contributed by atoms with Crippen molar-refractivity contribution >= 4 is 46.9 Å². The number of fused-ring (bicyclic) bond motifs is 1. The molecular weight excluding hydrogens is 432 g/mol. The highest BCUT2D eigenvalue weighted by molar-refractivity contribution is 8.04. The Morgan fingerprint density at radius 1 is 1.13 bits per heavy atom. The number of hydrogen-bond acceptors (Lipinski definition) is 4. The van der Waals surface area contributed by atoms with Gasteiger partial charge in [0.15, 0.2) is 0 Å². The van der Waals surface area contributed by atoms with Gasteiger partial charge in [-0.05, 0) is 42.0 Å². The maximum Gasteiger partial charge on any atom is 0.262 e. The van der Waals surface area contributed by atoms with Crippen molar-refractivity contribution in [2.75, 3.05) is 12.4 Å². The van der Waals surface area contributed by atoms with Gasteiger partial charge in [-0.3, -0.25) is 9.59 Å². The van der Waals surface area contributed by atoms with Crippen LogP contribution in [0.5, 0.6) is 5.75 Å². The summed E-state index contributed by atoms with van der Waals surface area (Å²) in [6.45, 7) is 0.339. The Balaban J connectivity index is 1.49. The molecule has 0 aliphatic carbocycles. The van der Waals surface area contributed by atoms with Crippen LogP contribution in [0.15, 0.2) is 76.5 Å². The van der Waals surface area contributed by atoms with Gasteiger partial charge in [0.2, 0.25) is 0 Å². The van der Waals surface area contributed by atoms with Gasteiger partial charge in [0.05, 0.1) is 17.7 Å². The number of para-hydroxylation sites is 1. The fraction of sp³-hybridized carbons (Fsp3) is 0.0833. The van der Waals surface area contributed by atoms with Crippen molar-refractivity contribution in [2.24, 2.45) is 0 Å². The second kappa shape index (κ2) is 9.29. The Hall–Kier alpha value is -3.22. The summed E-state index contributed by atoms with van der Waals surface area (Å²) >= 11 is 7.55. The van der Waals surface area contributed by atoms with Gasteiger partial charge in [-0.2, -0.15) is 0 Å². The Kier molecular flexibility index (Phi) is 6.30. The molecule has 0 unspecified atom stereocenters. The van der Waals surface area contributed by atoms with E-state index in [2.05, 4.69) is 10.6 Å². The van der Waals surface area contributed by atoms with Crippen LogP contribution in [-0.2, 0) is 11.3 Å². The molecular formula is C24H19ClN2O3S. The van der Waals surface area contributed by atoms with Gasteiger partial charge in [0.25, 0.3) is 11.8 Å². The van der Waals surface area contributed by atoms with Crippen molar-refractivity contribution < 1.29 is 14.3 Å². The molecule has 0 fully saturated rings. The maximum absolute atomic E-state index is 12.6. The molecule has 0 atom stereocenters. The van der Waals surface area contributed by atoms with Crippen molar-refractivity contribution in [3.05, 3.63) is 93.3 Å². The molecule has 5 nitrogen and oxygen atoms in total. The molecule has 156 valence electrons. The summed E-state index contributed by atoms with van der Waals surface area (Å²) in [5.41, 5.74) is 2.73. The van der Waals surface area contributed by atoms with Gasteiger partial charge < -0.3 is 15.4 Å². The first kappa shape index (κ1) is 21.0. The zero-order chi connectivity index (χ0) is 21.8. The molecule has 1 aliphatic rings. The smallest absolute Gasteiger partial charge is 0.262 e.